The van der Waals surface area contributed by atoms with Crippen molar-refractivity contribution in [3.8, 4) is 5.75 Å². The van der Waals surface area contributed by atoms with Crippen molar-refractivity contribution in [1.82, 2.24) is 0 Å². The molecule has 7 aromatic carbocycles. The molecule has 0 aliphatic rings. The van der Waals surface area contributed by atoms with E-state index in [2.05, 4.69) is 24.3 Å². The lowest BCUT2D eigenvalue weighted by molar-refractivity contribution is 0.131. The Balaban J connectivity index is 1.54. The van der Waals surface area contributed by atoms with Crippen molar-refractivity contribution < 1.29 is 16.8 Å². The molecule has 0 aliphatic carbocycles. The van der Waals surface area contributed by atoms with E-state index in [1.807, 2.05) is 130 Å². The van der Waals surface area contributed by atoms with Crippen LogP contribution >= 0.6 is 10.3 Å². The fraction of sp³-hybridized carbons (Fsp3) is 0.105. The number of hydrogen-bond donors (Lipinski definition) is 1. The molecule has 1 N–H and O–H groups in total. The van der Waals surface area contributed by atoms with Gasteiger partial charge in [-0.25, -0.2) is 4.55 Å². The Morgan fingerprint density at radius 1 is 0.568 bits per heavy atom. The zero-order chi connectivity index (χ0) is 30.5. The van der Waals surface area contributed by atoms with E-state index in [-0.39, 0.29) is 10.5 Å². The second-order valence-electron chi connectivity index (χ2n) is 11.8. The highest BCUT2D eigenvalue weighted by molar-refractivity contribution is 8.30. The van der Waals surface area contributed by atoms with Gasteiger partial charge < -0.3 is 4.74 Å². The first-order valence-corrected chi connectivity index (χ1v) is 17.5. The van der Waals surface area contributed by atoms with Gasteiger partial charge in [-0.2, -0.15) is 0 Å². The molecule has 0 fully saturated rings. The van der Waals surface area contributed by atoms with Gasteiger partial charge in [-0.1, -0.05) is 84.9 Å². The molecule has 0 radical (unpaired) electrons. The Labute approximate surface area is 259 Å². The van der Waals surface area contributed by atoms with Crippen LogP contribution in [0, 0.1) is 0 Å². The molecule has 0 saturated heterocycles. The smallest absolute Gasteiger partial charge is 0.455 e. The van der Waals surface area contributed by atoms with Gasteiger partial charge in [0.05, 0.1) is 14.7 Å². The van der Waals surface area contributed by atoms with Crippen molar-refractivity contribution in [2.75, 3.05) is 0 Å². The van der Waals surface area contributed by atoms with Crippen molar-refractivity contribution in [1.29, 1.82) is 0 Å². The number of benzene rings is 7. The van der Waals surface area contributed by atoms with E-state index in [1.165, 1.54) is 0 Å². The minimum atomic E-state index is -4.07. The SMILES string of the molecule is CC(C)(C)Oc1ccc(S([O+]=S(=O)(O)c2ccc3ccc4cccc5ccc2c3c45)(c2ccccc2)c2ccccc2)cc1. The van der Waals surface area contributed by atoms with E-state index in [0.29, 0.717) is 11.1 Å². The molecule has 4 nitrogen and oxygen atoms in total. The summed E-state index contributed by atoms with van der Waals surface area (Å²) in [6.07, 6.45) is 0. The Kier molecular flexibility index (Phi) is 6.89. The predicted octanol–water partition coefficient (Wildman–Crippen LogP) is 10.7. The average Bonchev–Trinajstić information content (AvgIpc) is 3.03. The second kappa shape index (κ2) is 10.7. The lowest BCUT2D eigenvalue weighted by Crippen LogP contribution is -2.22. The summed E-state index contributed by atoms with van der Waals surface area (Å²) in [6, 6.07) is 45.3. The summed E-state index contributed by atoms with van der Waals surface area (Å²) in [4.78, 5) is 2.68. The molecule has 0 saturated carbocycles. The Bertz CT molecular complexity index is 2170. The molecule has 6 heteroatoms. The zero-order valence-corrected chi connectivity index (χ0v) is 26.4. The minimum absolute atomic E-state index is 0.264. The van der Waals surface area contributed by atoms with Crippen LogP contribution in [0.3, 0.4) is 0 Å². The highest BCUT2D eigenvalue weighted by Crippen LogP contribution is 2.68. The van der Waals surface area contributed by atoms with Gasteiger partial charge in [-0.05, 0) is 102 Å². The Hall–Kier alpha value is -4.36. The topological polar surface area (TPSA) is 57.8 Å². The summed E-state index contributed by atoms with van der Waals surface area (Å²) in [7, 11) is -6.78. The lowest BCUT2D eigenvalue weighted by atomic mass is 9.94. The van der Waals surface area contributed by atoms with Gasteiger partial charge >= 0.3 is 10.1 Å². The van der Waals surface area contributed by atoms with Crippen molar-refractivity contribution >= 4 is 52.7 Å². The van der Waals surface area contributed by atoms with Crippen LogP contribution in [0.4, 0.5) is 0 Å². The van der Waals surface area contributed by atoms with Crippen molar-refractivity contribution in [3.05, 3.63) is 140 Å². The molecular formula is C38H33O4S2+. The maximum atomic E-state index is 14.9. The molecule has 0 aromatic heterocycles. The van der Waals surface area contributed by atoms with Gasteiger partial charge in [0, 0.05) is 5.39 Å². The fourth-order valence-electron chi connectivity index (χ4n) is 5.91. The van der Waals surface area contributed by atoms with Crippen LogP contribution in [0.5, 0.6) is 5.75 Å². The largest absolute Gasteiger partial charge is 0.488 e. The molecule has 0 spiro atoms. The quantitative estimate of drug-likeness (QED) is 0.115. The van der Waals surface area contributed by atoms with Gasteiger partial charge in [0.1, 0.15) is 11.4 Å². The summed E-state index contributed by atoms with van der Waals surface area (Å²) in [5, 5.41) is 5.96. The third-order valence-corrected chi connectivity index (χ3v) is 13.0. The first-order chi connectivity index (χ1) is 21.2. The molecule has 0 aliphatic heterocycles. The maximum absolute atomic E-state index is 14.9. The molecule has 7 rings (SSSR count). The molecule has 220 valence electrons. The Morgan fingerprint density at radius 3 is 1.64 bits per heavy atom. The zero-order valence-electron chi connectivity index (χ0n) is 24.8. The summed E-state index contributed by atoms with van der Waals surface area (Å²) in [5.74, 6) is 0.715. The highest BCUT2D eigenvalue weighted by atomic mass is 32.3. The Morgan fingerprint density at radius 2 is 1.07 bits per heavy atom. The van der Waals surface area contributed by atoms with Crippen LogP contribution in [0.2, 0.25) is 0 Å². The second-order valence-corrected chi connectivity index (χ2v) is 16.3. The predicted molar refractivity (Wildman–Crippen MR) is 182 cm³/mol. The van der Waals surface area contributed by atoms with Gasteiger partial charge in [0.2, 0.25) is 0 Å². The van der Waals surface area contributed by atoms with Gasteiger partial charge in [0.15, 0.2) is 15.2 Å². The summed E-state index contributed by atoms with van der Waals surface area (Å²) in [6.45, 7) is 6.01. The molecule has 1 atom stereocenters. The highest BCUT2D eigenvalue weighted by Gasteiger charge is 2.46. The van der Waals surface area contributed by atoms with Crippen LogP contribution < -0.4 is 4.74 Å². The van der Waals surface area contributed by atoms with Crippen LogP contribution in [0.15, 0.2) is 159 Å². The molecule has 44 heavy (non-hydrogen) atoms. The first-order valence-electron chi connectivity index (χ1n) is 14.5. The van der Waals surface area contributed by atoms with Gasteiger partial charge in [0.25, 0.3) is 0 Å². The molecule has 0 amide bonds. The molecule has 0 heterocycles. The third kappa shape index (κ3) is 4.89. The first kappa shape index (κ1) is 28.4. The average molecular weight is 618 g/mol. The van der Waals surface area contributed by atoms with Crippen LogP contribution in [0.25, 0.3) is 32.3 Å². The van der Waals surface area contributed by atoms with Gasteiger partial charge in [-0.15, -0.1) is 7.49 Å². The van der Waals surface area contributed by atoms with E-state index >= 15 is 0 Å². The number of ether oxygens (including phenoxy) is 1. The fourth-order valence-corrected chi connectivity index (χ4v) is 11.4. The van der Waals surface area contributed by atoms with Crippen molar-refractivity contribution in [2.45, 2.75) is 46.0 Å². The van der Waals surface area contributed by atoms with E-state index in [4.69, 9.17) is 8.02 Å². The summed E-state index contributed by atoms with van der Waals surface area (Å²) >= 11 is 0. The van der Waals surface area contributed by atoms with Gasteiger partial charge in [-0.3, -0.25) is 0 Å². The number of rotatable bonds is 6. The normalized spacial score (nSPS) is 14.1. The number of hydrogen-bond acceptors (Lipinski definition) is 2. The van der Waals surface area contributed by atoms with Crippen LogP contribution in [-0.2, 0) is 13.4 Å². The molecule has 7 aromatic rings. The van der Waals surface area contributed by atoms with Crippen molar-refractivity contribution in [3.63, 3.8) is 0 Å². The van der Waals surface area contributed by atoms with E-state index < -0.39 is 20.4 Å². The molecular weight excluding hydrogens is 585 g/mol. The lowest BCUT2D eigenvalue weighted by Gasteiger charge is -2.26. The summed E-state index contributed by atoms with van der Waals surface area (Å²) < 4.78 is 39.9. The third-order valence-electron chi connectivity index (χ3n) is 7.69. The monoisotopic (exact) mass is 617 g/mol. The summed E-state index contributed by atoms with van der Waals surface area (Å²) in [5.41, 5.74) is -0.366. The van der Waals surface area contributed by atoms with E-state index in [9.17, 15) is 8.76 Å². The van der Waals surface area contributed by atoms with Crippen LogP contribution in [0.1, 0.15) is 20.8 Å². The molecule has 0 bridgehead atoms. The van der Waals surface area contributed by atoms with E-state index in [0.717, 1.165) is 41.6 Å². The standard InChI is InChI=1S/C38H32O4S2/c1-38(2,3)41-30-21-23-33(24-22-30)43(31-13-6-4-7-14-31,32-15-8-5-9-16-32)42-44(39,40)35-26-20-29-18-17-27-11-10-12-28-19-25-34(35)37(29)36(27)28/h4-26H,1-3H3/p+1. The maximum Gasteiger partial charge on any atom is 0.455 e. The molecule has 1 unspecified atom stereocenters. The van der Waals surface area contributed by atoms with E-state index in [1.54, 1.807) is 6.07 Å². The minimum Gasteiger partial charge on any atom is -0.488 e. The van der Waals surface area contributed by atoms with Crippen molar-refractivity contribution in [2.24, 2.45) is 0 Å². The van der Waals surface area contributed by atoms with Crippen LogP contribution in [-0.4, -0.2) is 14.4 Å².